The highest BCUT2D eigenvalue weighted by Crippen LogP contribution is 2.22. The Kier molecular flexibility index (Phi) is 5.51. The van der Waals surface area contributed by atoms with E-state index in [-0.39, 0.29) is 29.4 Å². The summed E-state index contributed by atoms with van der Waals surface area (Å²) in [6, 6.07) is 1.33. The third-order valence-electron chi connectivity index (χ3n) is 1.92. The zero-order valence-electron chi connectivity index (χ0n) is 9.06. The van der Waals surface area contributed by atoms with Crippen molar-refractivity contribution >= 4 is 43.5 Å². The van der Waals surface area contributed by atoms with Gasteiger partial charge in [0, 0.05) is 23.6 Å². The lowest BCUT2D eigenvalue weighted by atomic mass is 10.3. The molecule has 0 spiro atoms. The van der Waals surface area contributed by atoms with Crippen LogP contribution >= 0.6 is 27.5 Å². The van der Waals surface area contributed by atoms with Gasteiger partial charge in [0.1, 0.15) is 10.0 Å². The van der Waals surface area contributed by atoms with E-state index in [1.54, 1.807) is 0 Å². The Hall–Kier alpha value is -0.700. The molecule has 0 unspecified atom stereocenters. The molecule has 1 aromatic rings. The zero-order valence-corrected chi connectivity index (χ0v) is 12.2. The van der Waals surface area contributed by atoms with Crippen LogP contribution < -0.4 is 4.72 Å². The van der Waals surface area contributed by atoms with Crippen LogP contribution in [-0.2, 0) is 14.8 Å². The van der Waals surface area contributed by atoms with Gasteiger partial charge in [-0.2, -0.15) is 0 Å². The minimum absolute atomic E-state index is 0.0253. The smallest absolute Gasteiger partial charge is 0.303 e. The molecule has 0 aliphatic heterocycles. The number of nitrogens with zero attached hydrogens (tertiary/aromatic N) is 1. The normalized spacial score (nSPS) is 11.4. The molecule has 2 N–H and O–H groups in total. The third kappa shape index (κ3) is 4.52. The number of carbonyl (C=O) groups is 1. The van der Waals surface area contributed by atoms with E-state index >= 15 is 0 Å². The summed E-state index contributed by atoms with van der Waals surface area (Å²) < 4.78 is 26.4. The molecular formula is C9H10BrClN2O4S. The van der Waals surface area contributed by atoms with E-state index in [0.29, 0.717) is 4.47 Å². The van der Waals surface area contributed by atoms with E-state index in [9.17, 15) is 13.2 Å². The molecule has 6 nitrogen and oxygen atoms in total. The summed E-state index contributed by atoms with van der Waals surface area (Å²) in [5, 5.41) is 8.29. The van der Waals surface area contributed by atoms with Crippen molar-refractivity contribution in [1.82, 2.24) is 9.71 Å². The van der Waals surface area contributed by atoms with Crippen molar-refractivity contribution < 1.29 is 18.3 Å². The van der Waals surface area contributed by atoms with E-state index in [2.05, 4.69) is 25.6 Å². The van der Waals surface area contributed by atoms with Crippen molar-refractivity contribution in [3.63, 3.8) is 0 Å². The molecule has 18 heavy (non-hydrogen) atoms. The maximum Gasteiger partial charge on any atom is 0.303 e. The van der Waals surface area contributed by atoms with Crippen LogP contribution in [0.5, 0.6) is 0 Å². The number of rotatable bonds is 6. The number of halogens is 2. The van der Waals surface area contributed by atoms with Gasteiger partial charge in [-0.1, -0.05) is 11.6 Å². The Labute approximate surface area is 118 Å². The van der Waals surface area contributed by atoms with E-state index in [0.717, 1.165) is 0 Å². The Balaban J connectivity index is 2.74. The molecule has 0 aliphatic carbocycles. The van der Waals surface area contributed by atoms with Crippen LogP contribution in [0.2, 0.25) is 5.15 Å². The number of hydrogen-bond donors (Lipinski definition) is 2. The van der Waals surface area contributed by atoms with Gasteiger partial charge in [0.15, 0.2) is 0 Å². The molecule has 0 fully saturated rings. The number of carboxylic acids is 1. The molecule has 0 aromatic carbocycles. The molecule has 1 aromatic heterocycles. The van der Waals surface area contributed by atoms with Crippen LogP contribution in [0.3, 0.4) is 0 Å². The molecule has 1 rings (SSSR count). The van der Waals surface area contributed by atoms with E-state index < -0.39 is 16.0 Å². The summed E-state index contributed by atoms with van der Waals surface area (Å²) in [5.74, 6) is -0.976. The zero-order chi connectivity index (χ0) is 13.8. The molecule has 1 heterocycles. The van der Waals surface area contributed by atoms with Crippen molar-refractivity contribution in [2.24, 2.45) is 0 Å². The lowest BCUT2D eigenvalue weighted by Crippen LogP contribution is -2.25. The van der Waals surface area contributed by atoms with Crippen LogP contribution in [0.25, 0.3) is 0 Å². The largest absolute Gasteiger partial charge is 0.481 e. The monoisotopic (exact) mass is 356 g/mol. The van der Waals surface area contributed by atoms with Gasteiger partial charge in [0.05, 0.1) is 0 Å². The van der Waals surface area contributed by atoms with Crippen LogP contribution in [0.1, 0.15) is 12.8 Å². The molecule has 0 bridgehead atoms. The number of hydrogen-bond acceptors (Lipinski definition) is 4. The summed E-state index contributed by atoms with van der Waals surface area (Å²) in [7, 11) is -3.78. The molecule has 0 saturated carbocycles. The average molecular weight is 358 g/mol. The van der Waals surface area contributed by atoms with Crippen molar-refractivity contribution in [3.05, 3.63) is 21.9 Å². The molecule has 0 saturated heterocycles. The highest BCUT2D eigenvalue weighted by atomic mass is 79.9. The third-order valence-corrected chi connectivity index (χ3v) is 4.24. The highest BCUT2D eigenvalue weighted by molar-refractivity contribution is 9.10. The van der Waals surface area contributed by atoms with Crippen LogP contribution in [0, 0.1) is 0 Å². The Morgan fingerprint density at radius 2 is 2.22 bits per heavy atom. The summed E-state index contributed by atoms with van der Waals surface area (Å²) in [4.78, 5) is 13.8. The fraction of sp³-hybridized carbons (Fsp3) is 0.333. The first kappa shape index (κ1) is 15.4. The molecular weight excluding hydrogens is 348 g/mol. The Morgan fingerprint density at radius 1 is 1.56 bits per heavy atom. The first-order valence-electron chi connectivity index (χ1n) is 4.85. The maximum absolute atomic E-state index is 11.8. The van der Waals surface area contributed by atoms with Gasteiger partial charge in [-0.15, -0.1) is 0 Å². The quantitative estimate of drug-likeness (QED) is 0.596. The number of aliphatic carboxylic acids is 1. The Bertz CT molecular complexity index is 549. The molecule has 100 valence electrons. The number of pyridine rings is 1. The minimum atomic E-state index is -3.78. The summed E-state index contributed by atoms with van der Waals surface area (Å²) in [6.07, 6.45) is 1.48. The number of sulfonamides is 1. The van der Waals surface area contributed by atoms with Gasteiger partial charge in [-0.3, -0.25) is 4.79 Å². The summed E-state index contributed by atoms with van der Waals surface area (Å²) in [5.41, 5.74) is 0. The van der Waals surface area contributed by atoms with Gasteiger partial charge in [0.2, 0.25) is 10.0 Å². The maximum atomic E-state index is 11.8. The van der Waals surface area contributed by atoms with E-state index in [1.807, 2.05) is 0 Å². The van der Waals surface area contributed by atoms with Gasteiger partial charge < -0.3 is 5.11 Å². The minimum Gasteiger partial charge on any atom is -0.481 e. The number of carboxylic acid groups (broad SMARTS) is 1. The molecule has 0 radical (unpaired) electrons. The first-order valence-corrected chi connectivity index (χ1v) is 7.51. The fourth-order valence-electron chi connectivity index (χ4n) is 1.12. The van der Waals surface area contributed by atoms with Crippen molar-refractivity contribution in [1.29, 1.82) is 0 Å². The lowest BCUT2D eigenvalue weighted by molar-refractivity contribution is -0.137. The lowest BCUT2D eigenvalue weighted by Gasteiger charge is -2.07. The molecule has 9 heteroatoms. The average Bonchev–Trinajstić information content (AvgIpc) is 2.27. The second kappa shape index (κ2) is 6.46. The number of aromatic nitrogens is 1. The molecule has 0 amide bonds. The van der Waals surface area contributed by atoms with Crippen LogP contribution in [0.4, 0.5) is 0 Å². The van der Waals surface area contributed by atoms with Crippen molar-refractivity contribution in [2.45, 2.75) is 17.7 Å². The van der Waals surface area contributed by atoms with Crippen molar-refractivity contribution in [3.8, 4) is 0 Å². The summed E-state index contributed by atoms with van der Waals surface area (Å²) >= 11 is 8.80. The number of nitrogens with one attached hydrogen (secondary N) is 1. The highest BCUT2D eigenvalue weighted by Gasteiger charge is 2.18. The standard InChI is InChI=1S/C9H10BrClN2O4S/c10-6-4-7(9(11)12-5-6)18(16,17)13-3-1-2-8(14)15/h4-5,13H,1-3H2,(H,14,15). The van der Waals surface area contributed by atoms with Crippen LogP contribution in [0.15, 0.2) is 21.6 Å². The predicted octanol–water partition coefficient (Wildman–Crippen LogP) is 1.64. The van der Waals surface area contributed by atoms with Crippen LogP contribution in [-0.4, -0.2) is 31.0 Å². The van der Waals surface area contributed by atoms with Gasteiger partial charge >= 0.3 is 5.97 Å². The first-order chi connectivity index (χ1) is 8.33. The Morgan fingerprint density at radius 3 is 2.83 bits per heavy atom. The SMILES string of the molecule is O=C(O)CCCNS(=O)(=O)c1cc(Br)cnc1Cl. The predicted molar refractivity (Wildman–Crippen MR) is 69.0 cm³/mol. The molecule has 0 aliphatic rings. The van der Waals surface area contributed by atoms with Gasteiger partial charge in [-0.25, -0.2) is 18.1 Å². The van der Waals surface area contributed by atoms with Gasteiger partial charge in [0.25, 0.3) is 0 Å². The second-order valence-corrected chi connectivity index (χ2v) is 6.35. The second-order valence-electron chi connectivity index (χ2n) is 3.34. The topological polar surface area (TPSA) is 96.4 Å². The van der Waals surface area contributed by atoms with Gasteiger partial charge in [-0.05, 0) is 28.4 Å². The summed E-state index contributed by atoms with van der Waals surface area (Å²) in [6.45, 7) is 0.0253. The van der Waals surface area contributed by atoms with E-state index in [1.165, 1.54) is 12.3 Å². The molecule has 0 atom stereocenters. The van der Waals surface area contributed by atoms with Crippen molar-refractivity contribution in [2.75, 3.05) is 6.54 Å². The van der Waals surface area contributed by atoms with E-state index in [4.69, 9.17) is 16.7 Å². The fourth-order valence-corrected chi connectivity index (χ4v) is 3.13.